The van der Waals surface area contributed by atoms with Gasteiger partial charge in [-0.3, -0.25) is 9.48 Å². The average molecular weight is 226 g/mol. The summed E-state index contributed by atoms with van der Waals surface area (Å²) in [5.41, 5.74) is 0. The molecule has 90 valence electrons. The first-order valence-corrected chi connectivity index (χ1v) is 5.36. The molecule has 0 aliphatic rings. The van der Waals surface area contributed by atoms with Crippen LogP contribution in [0.1, 0.15) is 20.3 Å². The van der Waals surface area contributed by atoms with E-state index in [1.807, 2.05) is 13.8 Å². The summed E-state index contributed by atoms with van der Waals surface area (Å²) in [5.74, 6) is 0.0609. The predicted octanol–water partition coefficient (Wildman–Crippen LogP) is -0.199. The summed E-state index contributed by atoms with van der Waals surface area (Å²) in [7, 11) is 0. The van der Waals surface area contributed by atoms with Crippen LogP contribution in [0, 0.1) is 5.92 Å². The fourth-order valence-corrected chi connectivity index (χ4v) is 1.11. The average Bonchev–Trinajstić information content (AvgIpc) is 2.75. The van der Waals surface area contributed by atoms with Gasteiger partial charge in [0.2, 0.25) is 5.91 Å². The lowest BCUT2D eigenvalue weighted by Gasteiger charge is -2.14. The van der Waals surface area contributed by atoms with Crippen LogP contribution in [0.2, 0.25) is 0 Å². The molecule has 1 aromatic rings. The maximum atomic E-state index is 11.4. The largest absolute Gasteiger partial charge is 0.391 e. The van der Waals surface area contributed by atoms with Gasteiger partial charge in [0.05, 0.1) is 12.6 Å². The van der Waals surface area contributed by atoms with Crippen LogP contribution < -0.4 is 5.32 Å². The summed E-state index contributed by atoms with van der Waals surface area (Å²) in [5, 5.41) is 16.0. The van der Waals surface area contributed by atoms with Crippen molar-refractivity contribution in [2.24, 2.45) is 5.92 Å². The summed E-state index contributed by atoms with van der Waals surface area (Å²) < 4.78 is 1.60. The Hall–Kier alpha value is -1.43. The van der Waals surface area contributed by atoms with Crippen molar-refractivity contribution in [1.29, 1.82) is 0 Å². The Morgan fingerprint density at radius 1 is 1.56 bits per heavy atom. The Labute approximate surface area is 94.7 Å². The van der Waals surface area contributed by atoms with Crippen molar-refractivity contribution in [3.05, 3.63) is 12.7 Å². The molecule has 2 N–H and O–H groups in total. The van der Waals surface area contributed by atoms with E-state index in [0.717, 1.165) is 0 Å². The Balaban J connectivity index is 2.16. The van der Waals surface area contributed by atoms with Crippen molar-refractivity contribution in [1.82, 2.24) is 20.1 Å². The minimum absolute atomic E-state index is 0.0878. The first-order chi connectivity index (χ1) is 7.59. The van der Waals surface area contributed by atoms with Gasteiger partial charge in [-0.2, -0.15) is 5.10 Å². The molecule has 1 amide bonds. The molecule has 16 heavy (non-hydrogen) atoms. The van der Waals surface area contributed by atoms with Crippen LogP contribution in [0.15, 0.2) is 12.7 Å². The molecule has 0 aliphatic carbocycles. The topological polar surface area (TPSA) is 80.0 Å². The molecule has 1 rings (SSSR count). The number of aliphatic hydroxyl groups excluding tert-OH is 1. The quantitative estimate of drug-likeness (QED) is 0.704. The second-order valence-electron chi connectivity index (χ2n) is 4.02. The van der Waals surface area contributed by atoms with Crippen molar-refractivity contribution in [3.63, 3.8) is 0 Å². The standard InChI is InChI=1S/C10H18N4O2/c1-8(2)9(15)5-12-10(16)3-4-14-7-11-6-13-14/h6-9,15H,3-5H2,1-2H3,(H,12,16). The third kappa shape index (κ3) is 4.39. The highest BCUT2D eigenvalue weighted by atomic mass is 16.3. The van der Waals surface area contributed by atoms with Gasteiger partial charge in [-0.05, 0) is 5.92 Å². The van der Waals surface area contributed by atoms with Gasteiger partial charge in [0.1, 0.15) is 12.7 Å². The molecule has 1 heterocycles. The zero-order chi connectivity index (χ0) is 12.0. The first-order valence-electron chi connectivity index (χ1n) is 5.36. The third-order valence-electron chi connectivity index (χ3n) is 2.31. The molecule has 1 aromatic heterocycles. The molecule has 1 atom stereocenters. The second kappa shape index (κ2) is 6.22. The first kappa shape index (κ1) is 12.6. The maximum absolute atomic E-state index is 11.4. The zero-order valence-electron chi connectivity index (χ0n) is 9.63. The highest BCUT2D eigenvalue weighted by Crippen LogP contribution is 1.99. The molecule has 0 aliphatic heterocycles. The van der Waals surface area contributed by atoms with Crippen LogP contribution in [0.3, 0.4) is 0 Å². The monoisotopic (exact) mass is 226 g/mol. The summed E-state index contributed by atoms with van der Waals surface area (Å²) in [6, 6.07) is 0. The van der Waals surface area contributed by atoms with Crippen molar-refractivity contribution in [2.75, 3.05) is 6.54 Å². The predicted molar refractivity (Wildman–Crippen MR) is 58.5 cm³/mol. The van der Waals surface area contributed by atoms with E-state index in [2.05, 4.69) is 15.4 Å². The van der Waals surface area contributed by atoms with Gasteiger partial charge in [0.25, 0.3) is 0 Å². The van der Waals surface area contributed by atoms with Gasteiger partial charge >= 0.3 is 0 Å². The smallest absolute Gasteiger partial charge is 0.221 e. The number of amides is 1. The number of rotatable bonds is 6. The number of hydrogen-bond donors (Lipinski definition) is 2. The number of aryl methyl sites for hydroxylation is 1. The molecule has 1 unspecified atom stereocenters. The van der Waals surface area contributed by atoms with Crippen LogP contribution in [-0.4, -0.2) is 38.4 Å². The van der Waals surface area contributed by atoms with E-state index < -0.39 is 6.10 Å². The molecule has 0 fully saturated rings. The number of carbonyl (C=O) groups excluding carboxylic acids is 1. The van der Waals surface area contributed by atoms with E-state index in [-0.39, 0.29) is 11.8 Å². The highest BCUT2D eigenvalue weighted by Gasteiger charge is 2.10. The number of aromatic nitrogens is 3. The summed E-state index contributed by atoms with van der Waals surface area (Å²) in [6.45, 7) is 4.62. The molecular formula is C10H18N4O2. The summed E-state index contributed by atoms with van der Waals surface area (Å²) in [6.07, 6.45) is 2.85. The molecule has 0 radical (unpaired) electrons. The highest BCUT2D eigenvalue weighted by molar-refractivity contribution is 5.75. The molecular weight excluding hydrogens is 208 g/mol. The van der Waals surface area contributed by atoms with E-state index in [4.69, 9.17) is 0 Å². The molecule has 0 saturated carbocycles. The van der Waals surface area contributed by atoms with E-state index in [1.165, 1.54) is 6.33 Å². The van der Waals surface area contributed by atoms with Gasteiger partial charge in [-0.1, -0.05) is 13.8 Å². The Morgan fingerprint density at radius 2 is 2.31 bits per heavy atom. The van der Waals surface area contributed by atoms with Gasteiger partial charge in [-0.25, -0.2) is 4.98 Å². The van der Waals surface area contributed by atoms with Crippen LogP contribution in [0.25, 0.3) is 0 Å². The van der Waals surface area contributed by atoms with Crippen LogP contribution in [0.5, 0.6) is 0 Å². The Bertz CT molecular complexity index is 311. The lowest BCUT2D eigenvalue weighted by atomic mass is 10.1. The minimum Gasteiger partial charge on any atom is -0.391 e. The summed E-state index contributed by atoms with van der Waals surface area (Å²) in [4.78, 5) is 15.2. The molecule has 0 bridgehead atoms. The molecule has 0 saturated heterocycles. The molecule has 0 aromatic carbocycles. The van der Waals surface area contributed by atoms with E-state index in [1.54, 1.807) is 11.0 Å². The van der Waals surface area contributed by atoms with Crippen molar-refractivity contribution >= 4 is 5.91 Å². The molecule has 0 spiro atoms. The van der Waals surface area contributed by atoms with E-state index in [9.17, 15) is 9.90 Å². The fourth-order valence-electron chi connectivity index (χ4n) is 1.11. The summed E-state index contributed by atoms with van der Waals surface area (Å²) >= 11 is 0. The van der Waals surface area contributed by atoms with Crippen LogP contribution in [-0.2, 0) is 11.3 Å². The number of carbonyl (C=O) groups is 1. The van der Waals surface area contributed by atoms with Gasteiger partial charge in [0.15, 0.2) is 0 Å². The number of nitrogens with zero attached hydrogens (tertiary/aromatic N) is 3. The minimum atomic E-state index is -0.490. The molecule has 6 nitrogen and oxygen atoms in total. The van der Waals surface area contributed by atoms with Gasteiger partial charge in [0, 0.05) is 13.0 Å². The number of nitrogens with one attached hydrogen (secondary N) is 1. The Kier molecular flexibility index (Phi) is 4.91. The van der Waals surface area contributed by atoms with Gasteiger partial charge in [-0.15, -0.1) is 0 Å². The maximum Gasteiger partial charge on any atom is 0.221 e. The zero-order valence-corrected chi connectivity index (χ0v) is 9.63. The lowest BCUT2D eigenvalue weighted by Crippen LogP contribution is -2.35. The van der Waals surface area contributed by atoms with Crippen molar-refractivity contribution in [2.45, 2.75) is 32.9 Å². The van der Waals surface area contributed by atoms with Crippen molar-refractivity contribution in [3.8, 4) is 0 Å². The molecule has 6 heteroatoms. The van der Waals surface area contributed by atoms with Gasteiger partial charge < -0.3 is 10.4 Å². The van der Waals surface area contributed by atoms with Crippen LogP contribution >= 0.6 is 0 Å². The normalized spacial score (nSPS) is 12.8. The lowest BCUT2D eigenvalue weighted by molar-refractivity contribution is -0.121. The van der Waals surface area contributed by atoms with Crippen molar-refractivity contribution < 1.29 is 9.90 Å². The van der Waals surface area contributed by atoms with E-state index in [0.29, 0.717) is 19.5 Å². The Morgan fingerprint density at radius 3 is 2.88 bits per heavy atom. The van der Waals surface area contributed by atoms with Crippen LogP contribution in [0.4, 0.5) is 0 Å². The second-order valence-corrected chi connectivity index (χ2v) is 4.02. The third-order valence-corrected chi connectivity index (χ3v) is 2.31. The number of hydrogen-bond acceptors (Lipinski definition) is 4. The number of aliphatic hydroxyl groups is 1. The van der Waals surface area contributed by atoms with E-state index >= 15 is 0 Å². The fraction of sp³-hybridized carbons (Fsp3) is 0.700. The SMILES string of the molecule is CC(C)C(O)CNC(=O)CCn1cncn1.